The van der Waals surface area contributed by atoms with Crippen molar-refractivity contribution < 1.29 is 46.0 Å². The summed E-state index contributed by atoms with van der Waals surface area (Å²) in [4.78, 5) is 20.2. The van der Waals surface area contributed by atoms with E-state index in [4.69, 9.17) is 0 Å². The molecule has 0 heterocycles. The molecule has 0 aliphatic rings. The molecule has 57 heavy (non-hydrogen) atoms. The number of rotatable bonds is 10. The number of hydrogen-bond donors (Lipinski definition) is 2. The molecule has 0 radical (unpaired) electrons. The number of hydrogen-bond acceptors (Lipinski definition) is 16. The maximum absolute atomic E-state index is 11.6. The van der Waals surface area contributed by atoms with Crippen LogP contribution in [0.3, 0.4) is 0 Å². The number of nitro benzene ring substituents is 2. The molecule has 0 saturated heterocycles. The van der Waals surface area contributed by atoms with Crippen molar-refractivity contribution in [2.45, 2.75) is 36.5 Å². The molecule has 0 aromatic heterocycles. The van der Waals surface area contributed by atoms with Gasteiger partial charge in [0.1, 0.15) is 43.1 Å². The van der Waals surface area contributed by atoms with Crippen molar-refractivity contribution in [3.05, 3.63) is 128 Å². The second-order valence-electron chi connectivity index (χ2n) is 11.7. The first-order valence-corrected chi connectivity index (χ1v) is 19.1. The van der Waals surface area contributed by atoms with E-state index in [1.165, 1.54) is 72.8 Å². The maximum atomic E-state index is 11.6. The van der Waals surface area contributed by atoms with E-state index in [1.807, 2.05) is 0 Å². The van der Waals surface area contributed by atoms with Crippen LogP contribution in [-0.4, -0.2) is 83.7 Å². The summed E-state index contributed by atoms with van der Waals surface area (Å²) in [5.41, 5.74) is 0.432. The van der Waals surface area contributed by atoms with Gasteiger partial charge in [0.15, 0.2) is 0 Å². The Kier molecular flexibility index (Phi) is 14.1. The van der Waals surface area contributed by atoms with E-state index in [9.17, 15) is 56.4 Å². The zero-order valence-electron chi connectivity index (χ0n) is 29.8. The average molecular weight is 841 g/mol. The van der Waals surface area contributed by atoms with Crippen molar-refractivity contribution in [1.82, 2.24) is 0 Å². The Morgan fingerprint density at radius 3 is 1.21 bits per heavy atom. The monoisotopic (exact) mass is 840 g/mol. The molecular formula is C36H28CaN6O12S2. The normalized spacial score (nSPS) is 11.7. The van der Waals surface area contributed by atoms with Crippen LogP contribution in [-0.2, 0) is 33.1 Å². The van der Waals surface area contributed by atoms with Gasteiger partial charge in [-0.05, 0) is 60.0 Å². The first-order chi connectivity index (χ1) is 26.5. The number of fused-ring (bicyclic) bond motifs is 2. The van der Waals surface area contributed by atoms with Crippen LogP contribution in [0.2, 0.25) is 0 Å². The molecule has 0 spiro atoms. The summed E-state index contributed by atoms with van der Waals surface area (Å²) < 4.78 is 69.7. The first-order valence-electron chi connectivity index (χ1n) is 16.2. The minimum atomic E-state index is -4.83. The second kappa shape index (κ2) is 18.2. The molecule has 0 aliphatic heterocycles. The van der Waals surface area contributed by atoms with Gasteiger partial charge in [-0.1, -0.05) is 62.4 Å². The van der Waals surface area contributed by atoms with E-state index < -0.39 is 39.9 Å². The maximum Gasteiger partial charge on any atom is 2.00 e. The summed E-state index contributed by atoms with van der Waals surface area (Å²) in [6.07, 6.45) is 0.625. The average Bonchev–Trinajstić information content (AvgIpc) is 3.15. The largest absolute Gasteiger partial charge is 2.00 e. The summed E-state index contributed by atoms with van der Waals surface area (Å²) in [5, 5.41) is 59.2. The van der Waals surface area contributed by atoms with Gasteiger partial charge >= 0.3 is 37.7 Å². The molecule has 0 bridgehead atoms. The molecule has 0 saturated carbocycles. The van der Waals surface area contributed by atoms with Gasteiger partial charge in [0.05, 0.1) is 42.1 Å². The van der Waals surface area contributed by atoms with Crippen LogP contribution in [0.5, 0.6) is 11.5 Å². The minimum Gasteiger partial charge on any atom is -0.744 e. The Morgan fingerprint density at radius 2 is 0.895 bits per heavy atom. The molecule has 0 amide bonds. The van der Waals surface area contributed by atoms with Gasteiger partial charge in [0, 0.05) is 22.9 Å². The number of nitrogens with zero attached hydrogens (tertiary/aromatic N) is 6. The van der Waals surface area contributed by atoms with Gasteiger partial charge in [-0.15, -0.1) is 20.5 Å². The zero-order chi connectivity index (χ0) is 40.9. The number of phenols is 2. The van der Waals surface area contributed by atoms with Crippen LogP contribution >= 0.6 is 0 Å². The van der Waals surface area contributed by atoms with E-state index in [2.05, 4.69) is 20.5 Å². The van der Waals surface area contributed by atoms with Gasteiger partial charge < -0.3 is 19.3 Å². The van der Waals surface area contributed by atoms with Crippen LogP contribution in [0.15, 0.2) is 127 Å². The van der Waals surface area contributed by atoms with E-state index in [0.29, 0.717) is 34.7 Å². The van der Waals surface area contributed by atoms with Crippen LogP contribution < -0.4 is 0 Å². The molecule has 288 valence electrons. The summed E-state index contributed by atoms with van der Waals surface area (Å²) in [5.74, 6) is -0.758. The smallest absolute Gasteiger partial charge is 0.744 e. The topological polar surface area (TPSA) is 291 Å². The van der Waals surface area contributed by atoms with Crippen LogP contribution in [0.4, 0.5) is 34.1 Å². The number of nitro groups is 2. The molecule has 2 N–H and O–H groups in total. The Hall–Kier alpha value is -5.48. The molecule has 0 atom stereocenters. The van der Waals surface area contributed by atoms with Crippen LogP contribution in [0.1, 0.15) is 25.0 Å². The summed E-state index contributed by atoms with van der Waals surface area (Å²) in [6.45, 7) is 3.44. The number of benzene rings is 6. The minimum absolute atomic E-state index is 0. The molecule has 21 heteroatoms. The molecule has 6 aromatic carbocycles. The predicted octanol–water partition coefficient (Wildman–Crippen LogP) is 8.29. The van der Waals surface area contributed by atoms with Gasteiger partial charge in [-0.2, -0.15) is 0 Å². The predicted molar refractivity (Wildman–Crippen MR) is 206 cm³/mol. The quantitative estimate of drug-likeness (QED) is 0.0433. The van der Waals surface area contributed by atoms with E-state index >= 15 is 0 Å². The van der Waals surface area contributed by atoms with E-state index in [1.54, 1.807) is 26.0 Å². The Balaban J connectivity index is 0.000000248. The third-order valence-corrected chi connectivity index (χ3v) is 10.1. The molecule has 0 fully saturated rings. The van der Waals surface area contributed by atoms with Crippen molar-refractivity contribution in [2.75, 3.05) is 0 Å². The number of azo groups is 2. The molecule has 6 aromatic rings. The van der Waals surface area contributed by atoms with Crippen LogP contribution in [0, 0.1) is 20.2 Å². The van der Waals surface area contributed by atoms with Crippen molar-refractivity contribution in [1.29, 1.82) is 0 Å². The molecule has 18 nitrogen and oxygen atoms in total. The standard InChI is InChI=1S/2C18H15N3O6S.Ca/c2*1-2-12-13(6-4-7-14(12)21(23)24)19-20-18-15(22)10-9-11-5-3-8-16(17(11)18)28(25,26)27;/h2*3-10,22H,2H2,1H3,(H,25,26,27);/q;;+2/p-2. The van der Waals surface area contributed by atoms with E-state index in [-0.39, 0.29) is 94.1 Å². The van der Waals surface area contributed by atoms with Crippen molar-refractivity contribution in [3.63, 3.8) is 0 Å². The molecule has 0 aliphatic carbocycles. The van der Waals surface area contributed by atoms with Crippen molar-refractivity contribution in [3.8, 4) is 11.5 Å². The fourth-order valence-corrected chi connectivity index (χ4v) is 7.26. The van der Waals surface area contributed by atoms with Gasteiger partial charge in [0.25, 0.3) is 11.4 Å². The number of phenolic OH excluding ortho intramolecular Hbond substituents is 2. The molecular weight excluding hydrogens is 813 g/mol. The molecule has 0 unspecified atom stereocenters. The third kappa shape index (κ3) is 9.74. The van der Waals surface area contributed by atoms with Crippen LogP contribution in [0.25, 0.3) is 21.5 Å². The third-order valence-electron chi connectivity index (χ3n) is 8.33. The number of aromatic hydroxyl groups is 2. The first kappa shape index (κ1) is 44.2. The van der Waals surface area contributed by atoms with Gasteiger partial charge in [-0.3, -0.25) is 20.2 Å². The molecule has 6 rings (SSSR count). The van der Waals surface area contributed by atoms with E-state index in [0.717, 1.165) is 12.1 Å². The summed E-state index contributed by atoms with van der Waals surface area (Å²) >= 11 is 0. The van der Waals surface area contributed by atoms with Gasteiger partial charge in [-0.25, -0.2) is 16.8 Å². The fourth-order valence-electron chi connectivity index (χ4n) is 5.84. The summed E-state index contributed by atoms with van der Waals surface area (Å²) in [6, 6.07) is 22.3. The zero-order valence-corrected chi connectivity index (χ0v) is 33.7. The SMILES string of the molecule is CCc1c(N=Nc2c(O)ccc3cccc(S(=O)(=O)[O-])c23)cccc1[N+](=O)[O-].CCc1c(N=Nc2c(O)ccc3cccc(S(=O)(=O)[O-])c23)cccc1[N+](=O)[O-].[Ca+2]. The second-order valence-corrected chi connectivity index (χ2v) is 14.4. The fraction of sp³-hybridized carbons (Fsp3) is 0.111. The van der Waals surface area contributed by atoms with Gasteiger partial charge in [0.2, 0.25) is 0 Å². The van der Waals surface area contributed by atoms with Crippen molar-refractivity contribution in [2.24, 2.45) is 20.5 Å². The Bertz CT molecular complexity index is 2640. The Labute approximate surface area is 354 Å². The van der Waals surface area contributed by atoms with Crippen molar-refractivity contribution >= 4 is 114 Å². The summed E-state index contributed by atoms with van der Waals surface area (Å²) in [7, 11) is -9.67. The Morgan fingerprint density at radius 1 is 0.544 bits per heavy atom.